The zero-order valence-corrected chi connectivity index (χ0v) is 18.9. The van der Waals surface area contributed by atoms with E-state index in [4.69, 9.17) is 25.8 Å². The number of carbonyl (C=O) groups is 1. The fourth-order valence-corrected chi connectivity index (χ4v) is 3.13. The number of carbonyl (C=O) groups excluding carboxylic acids is 1. The smallest absolute Gasteiger partial charge is 0.432 e. The number of hydrogen-bond donors (Lipinski definition) is 1. The molecule has 0 saturated heterocycles. The second kappa shape index (κ2) is 10.2. The predicted molar refractivity (Wildman–Crippen MR) is 116 cm³/mol. The summed E-state index contributed by atoms with van der Waals surface area (Å²) >= 11 is 5.99. The Bertz CT molecular complexity index is 1350. The van der Waals surface area contributed by atoms with Gasteiger partial charge in [-0.3, -0.25) is 14.3 Å². The minimum Gasteiger partial charge on any atom is -0.479 e. The van der Waals surface area contributed by atoms with Gasteiger partial charge in [0.1, 0.15) is 28.8 Å². The number of nitrogens with zero attached hydrogens (tertiary/aromatic N) is 1. The highest BCUT2D eigenvalue weighted by atomic mass is 35.5. The number of H-pyrrole nitrogens is 1. The third-order valence-electron chi connectivity index (χ3n) is 4.46. The molecule has 1 N–H and O–H groups in total. The van der Waals surface area contributed by atoms with E-state index in [2.05, 4.69) is 0 Å². The summed E-state index contributed by atoms with van der Waals surface area (Å²) in [6.45, 7) is 3.34. The van der Waals surface area contributed by atoms with Gasteiger partial charge in [-0.2, -0.15) is 13.2 Å². The normalized spacial score (nSPS) is 12.2. The highest BCUT2D eigenvalue weighted by Crippen LogP contribution is 2.35. The molecule has 186 valence electrons. The molecule has 0 spiro atoms. The summed E-state index contributed by atoms with van der Waals surface area (Å²) in [6, 6.07) is 7.28. The molecular formula is C22H17ClF4N2O6. The first-order valence-electron chi connectivity index (χ1n) is 9.95. The van der Waals surface area contributed by atoms with Gasteiger partial charge in [0.2, 0.25) is 0 Å². The van der Waals surface area contributed by atoms with Crippen molar-refractivity contribution in [1.82, 2.24) is 9.55 Å². The molecule has 0 radical (unpaired) electrons. The summed E-state index contributed by atoms with van der Waals surface area (Å²) in [6.07, 6.45) is -6.02. The minimum absolute atomic E-state index is 0.0341. The van der Waals surface area contributed by atoms with Crippen LogP contribution in [0.15, 0.2) is 52.1 Å². The molecule has 2 aromatic carbocycles. The van der Waals surface area contributed by atoms with Gasteiger partial charge in [0.15, 0.2) is 6.10 Å². The zero-order valence-electron chi connectivity index (χ0n) is 18.1. The molecule has 3 aromatic rings. The van der Waals surface area contributed by atoms with Crippen molar-refractivity contribution in [2.24, 2.45) is 0 Å². The number of ether oxygens (including phenoxy) is 3. The quantitative estimate of drug-likeness (QED) is 0.368. The SMILES string of the molecule is CCOC(=O)C(C)Oc1ccc(Oc2cc(-n3c(C(F)(F)F)cc(=O)[nH]c3=O)c(F)cc2Cl)cc1. The molecule has 0 fully saturated rings. The van der Waals surface area contributed by atoms with E-state index in [1.54, 1.807) is 11.9 Å². The molecule has 0 amide bonds. The average molecular weight is 517 g/mol. The molecule has 1 aromatic heterocycles. The highest BCUT2D eigenvalue weighted by molar-refractivity contribution is 6.32. The van der Waals surface area contributed by atoms with Crippen LogP contribution in [0, 0.1) is 5.82 Å². The Morgan fingerprint density at radius 2 is 1.74 bits per heavy atom. The first-order valence-corrected chi connectivity index (χ1v) is 10.3. The Balaban J connectivity index is 1.94. The molecule has 13 heteroatoms. The van der Waals surface area contributed by atoms with Crippen LogP contribution in [0.4, 0.5) is 17.6 Å². The Labute approximate surface area is 199 Å². The molecule has 0 bridgehead atoms. The van der Waals surface area contributed by atoms with Crippen molar-refractivity contribution in [3.05, 3.63) is 79.8 Å². The van der Waals surface area contributed by atoms with Gasteiger partial charge in [0, 0.05) is 12.1 Å². The Morgan fingerprint density at radius 1 is 1.11 bits per heavy atom. The lowest BCUT2D eigenvalue weighted by molar-refractivity contribution is -0.150. The van der Waals surface area contributed by atoms with Crippen molar-refractivity contribution < 1.29 is 36.6 Å². The van der Waals surface area contributed by atoms with Crippen LogP contribution in [0.25, 0.3) is 5.69 Å². The van der Waals surface area contributed by atoms with Crippen LogP contribution in [-0.2, 0) is 15.7 Å². The Morgan fingerprint density at radius 3 is 2.34 bits per heavy atom. The van der Waals surface area contributed by atoms with E-state index in [1.807, 2.05) is 0 Å². The number of nitrogens with one attached hydrogen (secondary N) is 1. The lowest BCUT2D eigenvalue weighted by atomic mass is 10.2. The van der Waals surface area contributed by atoms with Gasteiger partial charge >= 0.3 is 17.8 Å². The largest absolute Gasteiger partial charge is 0.479 e. The van der Waals surface area contributed by atoms with Crippen LogP contribution in [0.5, 0.6) is 17.2 Å². The van der Waals surface area contributed by atoms with Crippen LogP contribution in [-0.4, -0.2) is 28.2 Å². The first kappa shape index (κ1) is 25.8. The van der Waals surface area contributed by atoms with Crippen molar-refractivity contribution in [2.75, 3.05) is 6.61 Å². The molecule has 35 heavy (non-hydrogen) atoms. The topological polar surface area (TPSA) is 99.6 Å². The minimum atomic E-state index is -5.14. The van der Waals surface area contributed by atoms with E-state index >= 15 is 0 Å². The maximum Gasteiger partial charge on any atom is 0.432 e. The number of aromatic nitrogens is 2. The molecule has 1 atom stereocenters. The van der Waals surface area contributed by atoms with Crippen LogP contribution in [0.2, 0.25) is 5.02 Å². The highest BCUT2D eigenvalue weighted by Gasteiger charge is 2.36. The predicted octanol–water partition coefficient (Wildman–Crippen LogP) is 4.46. The molecule has 1 unspecified atom stereocenters. The maximum atomic E-state index is 14.6. The third-order valence-corrected chi connectivity index (χ3v) is 4.75. The fraction of sp³-hybridized carbons (Fsp3) is 0.227. The van der Waals surface area contributed by atoms with E-state index < -0.39 is 46.7 Å². The van der Waals surface area contributed by atoms with Gasteiger partial charge in [-0.15, -0.1) is 0 Å². The van der Waals surface area contributed by atoms with Crippen LogP contribution in [0.1, 0.15) is 19.5 Å². The van der Waals surface area contributed by atoms with E-state index in [0.29, 0.717) is 11.8 Å². The number of benzene rings is 2. The summed E-state index contributed by atoms with van der Waals surface area (Å²) in [5, 5.41) is -0.298. The van der Waals surface area contributed by atoms with Gasteiger partial charge in [0.05, 0.1) is 17.3 Å². The lowest BCUT2D eigenvalue weighted by Gasteiger charge is -2.17. The van der Waals surface area contributed by atoms with Crippen LogP contribution >= 0.6 is 11.6 Å². The van der Waals surface area contributed by atoms with E-state index in [1.165, 1.54) is 31.2 Å². The van der Waals surface area contributed by atoms with Crippen LogP contribution in [0.3, 0.4) is 0 Å². The number of hydrogen-bond acceptors (Lipinski definition) is 6. The van der Waals surface area contributed by atoms with Crippen molar-refractivity contribution in [3.8, 4) is 22.9 Å². The number of alkyl halides is 3. The molecular weight excluding hydrogens is 500 g/mol. The zero-order chi connectivity index (χ0) is 25.9. The molecule has 0 aliphatic rings. The average Bonchev–Trinajstić information content (AvgIpc) is 2.76. The molecule has 3 rings (SSSR count). The lowest BCUT2D eigenvalue weighted by Crippen LogP contribution is -2.34. The second-order valence-corrected chi connectivity index (χ2v) is 7.38. The molecule has 0 saturated carbocycles. The summed E-state index contributed by atoms with van der Waals surface area (Å²) in [5.74, 6) is -1.68. The molecule has 0 aliphatic carbocycles. The van der Waals surface area contributed by atoms with Gasteiger partial charge in [0.25, 0.3) is 5.56 Å². The molecule has 0 aliphatic heterocycles. The number of rotatable bonds is 7. The monoisotopic (exact) mass is 516 g/mol. The van der Waals surface area contributed by atoms with Crippen molar-refractivity contribution in [3.63, 3.8) is 0 Å². The van der Waals surface area contributed by atoms with Gasteiger partial charge in [-0.1, -0.05) is 11.6 Å². The first-order chi connectivity index (χ1) is 16.4. The van der Waals surface area contributed by atoms with Gasteiger partial charge in [-0.05, 0) is 44.2 Å². The van der Waals surface area contributed by atoms with E-state index in [0.717, 1.165) is 6.07 Å². The van der Waals surface area contributed by atoms with Crippen LogP contribution < -0.4 is 20.7 Å². The van der Waals surface area contributed by atoms with E-state index in [9.17, 15) is 31.9 Å². The fourth-order valence-electron chi connectivity index (χ4n) is 2.94. The summed E-state index contributed by atoms with van der Waals surface area (Å²) in [7, 11) is 0. The second-order valence-electron chi connectivity index (χ2n) is 6.98. The summed E-state index contributed by atoms with van der Waals surface area (Å²) in [5.41, 5.74) is -5.34. The van der Waals surface area contributed by atoms with Crippen molar-refractivity contribution in [1.29, 1.82) is 0 Å². The Kier molecular flexibility index (Phi) is 7.54. The number of esters is 1. The van der Waals surface area contributed by atoms with Gasteiger partial charge < -0.3 is 14.2 Å². The molecule has 8 nitrogen and oxygen atoms in total. The summed E-state index contributed by atoms with van der Waals surface area (Å²) < 4.78 is 70.7. The van der Waals surface area contributed by atoms with Gasteiger partial charge in [-0.25, -0.2) is 14.0 Å². The maximum absolute atomic E-state index is 14.6. The number of aromatic amines is 1. The van der Waals surface area contributed by atoms with E-state index in [-0.39, 0.29) is 33.8 Å². The number of halogens is 5. The summed E-state index contributed by atoms with van der Waals surface area (Å²) in [4.78, 5) is 36.9. The standard InChI is InChI=1S/C22H17ClF4N2O6/c1-3-33-20(31)11(2)34-12-4-6-13(7-5-12)35-17-9-16(15(24)8-14(17)23)29-18(22(25,26)27)10-19(30)28-21(29)32/h4-11H,3H2,1-2H3,(H,28,30,32). The third kappa shape index (κ3) is 6.01. The van der Waals surface area contributed by atoms with Crippen molar-refractivity contribution >= 4 is 17.6 Å². The van der Waals surface area contributed by atoms with Crippen molar-refractivity contribution in [2.45, 2.75) is 26.1 Å². The molecule has 1 heterocycles. The Hall–Kier alpha value is -3.80.